The number of para-hydroxylation sites is 1. The number of likely N-dealkylation sites (tertiary alicyclic amines) is 1. The third-order valence-electron chi connectivity index (χ3n) is 7.81. The highest BCUT2D eigenvalue weighted by atomic mass is 16.2. The zero-order chi connectivity index (χ0) is 24.1. The van der Waals surface area contributed by atoms with Crippen LogP contribution in [0.2, 0.25) is 0 Å². The van der Waals surface area contributed by atoms with Gasteiger partial charge in [0.1, 0.15) is 6.54 Å². The lowest BCUT2D eigenvalue weighted by Gasteiger charge is -2.48. The van der Waals surface area contributed by atoms with Gasteiger partial charge in [-0.05, 0) is 43.4 Å². The summed E-state index contributed by atoms with van der Waals surface area (Å²) in [5.74, 6) is 0.731. The van der Waals surface area contributed by atoms with E-state index in [9.17, 15) is 4.79 Å². The van der Waals surface area contributed by atoms with Crippen LogP contribution in [-0.4, -0.2) is 29.5 Å². The van der Waals surface area contributed by atoms with Gasteiger partial charge < -0.3 is 9.80 Å². The molecule has 1 fully saturated rings. The van der Waals surface area contributed by atoms with Gasteiger partial charge in [0.05, 0.1) is 13.1 Å². The van der Waals surface area contributed by atoms with Crippen LogP contribution < -0.4 is 5.32 Å². The molecule has 1 amide bonds. The van der Waals surface area contributed by atoms with Crippen molar-refractivity contribution < 1.29 is 9.28 Å². The molecule has 0 aliphatic carbocycles. The van der Waals surface area contributed by atoms with Gasteiger partial charge in [-0.2, -0.15) is 0 Å². The Bertz CT molecular complexity index is 1080. The molecule has 1 aliphatic rings. The Labute approximate surface area is 205 Å². The molecule has 0 bridgehead atoms. The largest absolute Gasteiger partial charge is 0.320 e. The summed E-state index contributed by atoms with van der Waals surface area (Å²) in [6, 6.07) is 25.9. The van der Waals surface area contributed by atoms with Crippen molar-refractivity contribution in [3.8, 4) is 0 Å². The van der Waals surface area contributed by atoms with Crippen molar-refractivity contribution in [1.82, 2.24) is 0 Å². The fourth-order valence-electron chi connectivity index (χ4n) is 5.82. The second kappa shape index (κ2) is 10.6. The Hall–Kier alpha value is -2.91. The van der Waals surface area contributed by atoms with E-state index in [0.29, 0.717) is 5.92 Å². The number of rotatable bonds is 7. The highest BCUT2D eigenvalue weighted by molar-refractivity contribution is 5.95. The number of quaternary nitrogens is 1. The van der Waals surface area contributed by atoms with Gasteiger partial charge in [-0.1, -0.05) is 85.3 Å². The zero-order valence-corrected chi connectivity index (χ0v) is 21.2. The molecule has 34 heavy (non-hydrogen) atoms. The molecular formula is C31H39N2O+. The molecule has 0 saturated carbocycles. The number of hydrogen-bond acceptors (Lipinski definition) is 1. The molecular weight excluding hydrogens is 416 g/mol. The van der Waals surface area contributed by atoms with E-state index >= 15 is 0 Å². The van der Waals surface area contributed by atoms with Crippen LogP contribution in [0.25, 0.3) is 0 Å². The van der Waals surface area contributed by atoms with Gasteiger partial charge in [-0.3, -0.25) is 4.79 Å². The fraction of sp³-hybridized carbons (Fsp3) is 0.387. The van der Waals surface area contributed by atoms with Crippen molar-refractivity contribution in [3.05, 3.63) is 101 Å². The first-order chi connectivity index (χ1) is 16.4. The van der Waals surface area contributed by atoms with Gasteiger partial charge in [0, 0.05) is 30.5 Å². The standard InChI is InChI=1S/C31H38N2O/c1-5-29(31(34)32-30-24(3)10-9-11-25(30)4)33(22-26-16-14-23(2)15-17-26)20-18-28(19-21-33)27-12-7-6-8-13-27/h6-17,28-29H,5,18-22H2,1-4H3/p+1. The number of anilines is 1. The maximum Gasteiger partial charge on any atom is 0.282 e. The Balaban J connectivity index is 1.62. The van der Waals surface area contributed by atoms with Gasteiger partial charge >= 0.3 is 0 Å². The predicted molar refractivity (Wildman–Crippen MR) is 142 cm³/mol. The molecule has 3 aromatic carbocycles. The van der Waals surface area contributed by atoms with Crippen LogP contribution >= 0.6 is 0 Å². The first kappa shape index (κ1) is 24.2. The number of amides is 1. The Morgan fingerprint density at radius 1 is 0.882 bits per heavy atom. The molecule has 1 atom stereocenters. The summed E-state index contributed by atoms with van der Waals surface area (Å²) in [5, 5.41) is 3.33. The summed E-state index contributed by atoms with van der Waals surface area (Å²) < 4.78 is 0.833. The van der Waals surface area contributed by atoms with Crippen LogP contribution in [-0.2, 0) is 11.3 Å². The minimum Gasteiger partial charge on any atom is -0.320 e. The average molecular weight is 456 g/mol. The van der Waals surface area contributed by atoms with Crippen LogP contribution in [0.1, 0.15) is 59.9 Å². The summed E-state index contributed by atoms with van der Waals surface area (Å²) in [6.45, 7) is 11.4. The maximum absolute atomic E-state index is 13.8. The number of carbonyl (C=O) groups excluding carboxylic acids is 1. The Kier molecular flexibility index (Phi) is 7.53. The molecule has 1 N–H and O–H groups in total. The number of piperidine rings is 1. The molecule has 1 saturated heterocycles. The van der Waals surface area contributed by atoms with Crippen LogP contribution in [0.5, 0.6) is 0 Å². The fourth-order valence-corrected chi connectivity index (χ4v) is 5.82. The number of benzene rings is 3. The van der Waals surface area contributed by atoms with Crippen LogP contribution in [0.15, 0.2) is 72.8 Å². The molecule has 3 heteroatoms. The average Bonchev–Trinajstić information content (AvgIpc) is 2.84. The highest BCUT2D eigenvalue weighted by Gasteiger charge is 2.44. The Morgan fingerprint density at radius 2 is 1.50 bits per heavy atom. The van der Waals surface area contributed by atoms with Gasteiger partial charge in [-0.15, -0.1) is 0 Å². The Morgan fingerprint density at radius 3 is 2.09 bits per heavy atom. The minimum absolute atomic E-state index is 0.0722. The van der Waals surface area contributed by atoms with Crippen LogP contribution in [0, 0.1) is 20.8 Å². The molecule has 1 aliphatic heterocycles. The maximum atomic E-state index is 13.8. The zero-order valence-electron chi connectivity index (χ0n) is 21.2. The minimum atomic E-state index is -0.0722. The summed E-state index contributed by atoms with van der Waals surface area (Å²) in [6.07, 6.45) is 3.06. The van der Waals surface area contributed by atoms with Crippen LogP contribution in [0.3, 0.4) is 0 Å². The summed E-state index contributed by atoms with van der Waals surface area (Å²) in [4.78, 5) is 13.8. The van der Waals surface area contributed by atoms with Crippen molar-refractivity contribution in [2.75, 3.05) is 18.4 Å². The van der Waals surface area contributed by atoms with Crippen molar-refractivity contribution in [3.63, 3.8) is 0 Å². The van der Waals surface area contributed by atoms with Crippen molar-refractivity contribution >= 4 is 11.6 Å². The van der Waals surface area contributed by atoms with E-state index in [0.717, 1.165) is 60.2 Å². The lowest BCUT2D eigenvalue weighted by Crippen LogP contribution is -2.62. The summed E-state index contributed by atoms with van der Waals surface area (Å²) in [5.41, 5.74) is 7.24. The van der Waals surface area contributed by atoms with E-state index in [-0.39, 0.29) is 11.9 Å². The highest BCUT2D eigenvalue weighted by Crippen LogP contribution is 2.36. The quantitative estimate of drug-likeness (QED) is 0.385. The van der Waals surface area contributed by atoms with Crippen molar-refractivity contribution in [1.29, 1.82) is 0 Å². The first-order valence-electron chi connectivity index (χ1n) is 12.7. The smallest absolute Gasteiger partial charge is 0.282 e. The van der Waals surface area contributed by atoms with Gasteiger partial charge in [0.25, 0.3) is 5.91 Å². The molecule has 178 valence electrons. The van der Waals surface area contributed by atoms with E-state index < -0.39 is 0 Å². The number of nitrogens with one attached hydrogen (secondary N) is 1. The topological polar surface area (TPSA) is 29.1 Å². The monoisotopic (exact) mass is 455 g/mol. The number of carbonyl (C=O) groups is 1. The van der Waals surface area contributed by atoms with Crippen molar-refractivity contribution in [2.24, 2.45) is 0 Å². The third kappa shape index (κ3) is 5.26. The third-order valence-corrected chi connectivity index (χ3v) is 7.81. The summed E-state index contributed by atoms with van der Waals surface area (Å²) in [7, 11) is 0. The number of nitrogens with zero attached hydrogens (tertiary/aromatic N) is 1. The molecule has 0 radical (unpaired) electrons. The normalized spacial score (nSPS) is 21.1. The van der Waals surface area contributed by atoms with E-state index in [1.54, 1.807) is 0 Å². The SMILES string of the molecule is CCC(C(=O)Nc1c(C)cccc1C)[N+]1(Cc2ccc(C)cc2)CCC(c2ccccc2)CC1. The van der Waals surface area contributed by atoms with E-state index in [1.807, 2.05) is 0 Å². The van der Waals surface area contributed by atoms with Gasteiger partial charge in [0.15, 0.2) is 6.04 Å². The van der Waals surface area contributed by atoms with Crippen molar-refractivity contribution in [2.45, 2.75) is 65.5 Å². The summed E-state index contributed by atoms with van der Waals surface area (Å²) >= 11 is 0. The lowest BCUT2D eigenvalue weighted by molar-refractivity contribution is -0.959. The molecule has 1 unspecified atom stereocenters. The second-order valence-electron chi connectivity index (χ2n) is 10.2. The van der Waals surface area contributed by atoms with Crippen LogP contribution in [0.4, 0.5) is 5.69 Å². The van der Waals surface area contributed by atoms with Gasteiger partial charge in [0.2, 0.25) is 0 Å². The number of hydrogen-bond donors (Lipinski definition) is 1. The molecule has 0 aromatic heterocycles. The predicted octanol–water partition coefficient (Wildman–Crippen LogP) is 6.92. The first-order valence-corrected chi connectivity index (χ1v) is 12.7. The van der Waals surface area contributed by atoms with Gasteiger partial charge in [-0.25, -0.2) is 0 Å². The van der Waals surface area contributed by atoms with E-state index in [1.165, 1.54) is 16.7 Å². The molecule has 1 heterocycles. The molecule has 3 aromatic rings. The second-order valence-corrected chi connectivity index (χ2v) is 10.2. The molecule has 0 spiro atoms. The molecule has 3 nitrogen and oxygen atoms in total. The lowest BCUT2D eigenvalue weighted by atomic mass is 9.86. The van der Waals surface area contributed by atoms with E-state index in [2.05, 4.69) is 106 Å². The number of aryl methyl sites for hydroxylation is 3. The molecule has 4 rings (SSSR count). The van der Waals surface area contributed by atoms with E-state index in [4.69, 9.17) is 0 Å².